The van der Waals surface area contributed by atoms with E-state index in [1.165, 1.54) is 0 Å². The van der Waals surface area contributed by atoms with Gasteiger partial charge in [-0.2, -0.15) is 0 Å². The Bertz CT molecular complexity index is 1090. The van der Waals surface area contributed by atoms with Crippen LogP contribution in [0.2, 0.25) is 0 Å². The lowest BCUT2D eigenvalue weighted by molar-refractivity contribution is 0.0287. The number of amides is 2. The minimum atomic E-state index is -0.315. The number of fused-ring (bicyclic) bond motifs is 3. The van der Waals surface area contributed by atoms with Gasteiger partial charge in [0.1, 0.15) is 11.3 Å². The number of carbonyl (C=O) groups is 2. The zero-order valence-corrected chi connectivity index (χ0v) is 16.8. The zero-order valence-electron chi connectivity index (χ0n) is 16.8. The quantitative estimate of drug-likeness (QED) is 0.703. The van der Waals surface area contributed by atoms with Gasteiger partial charge < -0.3 is 19.7 Å². The lowest BCUT2D eigenvalue weighted by Crippen LogP contribution is -2.48. The molecule has 2 fully saturated rings. The summed E-state index contributed by atoms with van der Waals surface area (Å²) >= 11 is 0. The standard InChI is InChI=1S/C23H24N4O3/c1-14-5-6-15(23(30)27-16-7-8-17(27)12-18(28)11-16)10-19(14)25-22(29)20-13-26-9-3-2-4-21(26)24-20/h2-6,9-10,13,16-18,28H,7-8,11-12H2,1H3,(H,25,29)/t16-,17+,18?. The fourth-order valence-electron chi connectivity index (χ4n) is 4.75. The highest BCUT2D eigenvalue weighted by Crippen LogP contribution is 2.37. The Labute approximate surface area is 174 Å². The highest BCUT2D eigenvalue weighted by Gasteiger charge is 2.43. The third-order valence-corrected chi connectivity index (χ3v) is 6.27. The molecule has 2 aliphatic rings. The lowest BCUT2D eigenvalue weighted by Gasteiger charge is -2.37. The van der Waals surface area contributed by atoms with Gasteiger partial charge in [-0.3, -0.25) is 9.59 Å². The molecule has 2 saturated heterocycles. The van der Waals surface area contributed by atoms with E-state index in [2.05, 4.69) is 10.3 Å². The highest BCUT2D eigenvalue weighted by molar-refractivity contribution is 6.04. The molecule has 1 unspecified atom stereocenters. The Morgan fingerprint density at radius 3 is 2.63 bits per heavy atom. The molecule has 1 aromatic carbocycles. The summed E-state index contributed by atoms with van der Waals surface area (Å²) in [7, 11) is 0. The fraction of sp³-hybridized carbons (Fsp3) is 0.348. The van der Waals surface area contributed by atoms with Gasteiger partial charge in [0.15, 0.2) is 0 Å². The SMILES string of the molecule is Cc1ccc(C(=O)N2[C@@H]3CC[C@H]2CC(O)C3)cc1NC(=O)c1cn2ccccc2n1. The number of hydrogen-bond acceptors (Lipinski definition) is 4. The molecule has 2 aliphatic heterocycles. The van der Waals surface area contributed by atoms with Crippen molar-refractivity contribution in [2.75, 3.05) is 5.32 Å². The van der Waals surface area contributed by atoms with Gasteiger partial charge in [0.25, 0.3) is 11.8 Å². The Kier molecular flexibility index (Phi) is 4.55. The first-order valence-corrected chi connectivity index (χ1v) is 10.4. The Balaban J connectivity index is 1.38. The van der Waals surface area contributed by atoms with E-state index < -0.39 is 0 Å². The third-order valence-electron chi connectivity index (χ3n) is 6.27. The van der Waals surface area contributed by atoms with Crippen molar-refractivity contribution in [1.82, 2.24) is 14.3 Å². The maximum Gasteiger partial charge on any atom is 0.275 e. The molecular formula is C23H24N4O3. The number of aliphatic hydroxyl groups is 1. The van der Waals surface area contributed by atoms with E-state index in [4.69, 9.17) is 0 Å². The van der Waals surface area contributed by atoms with Crippen LogP contribution >= 0.6 is 0 Å². The minimum absolute atomic E-state index is 0.0300. The summed E-state index contributed by atoms with van der Waals surface area (Å²) in [5.41, 5.74) is 3.05. The summed E-state index contributed by atoms with van der Waals surface area (Å²) in [6.45, 7) is 1.90. The molecule has 2 bridgehead atoms. The molecule has 2 aromatic heterocycles. The molecule has 7 heteroatoms. The van der Waals surface area contributed by atoms with E-state index in [0.717, 1.165) is 18.4 Å². The number of pyridine rings is 1. The predicted molar refractivity (Wildman–Crippen MR) is 113 cm³/mol. The molecule has 2 N–H and O–H groups in total. The molecule has 4 heterocycles. The first-order chi connectivity index (χ1) is 14.5. The van der Waals surface area contributed by atoms with Crippen LogP contribution in [0.5, 0.6) is 0 Å². The molecule has 30 heavy (non-hydrogen) atoms. The van der Waals surface area contributed by atoms with E-state index in [9.17, 15) is 14.7 Å². The van der Waals surface area contributed by atoms with Crippen LogP contribution in [0.3, 0.4) is 0 Å². The van der Waals surface area contributed by atoms with Gasteiger partial charge >= 0.3 is 0 Å². The van der Waals surface area contributed by atoms with E-state index >= 15 is 0 Å². The Morgan fingerprint density at radius 2 is 1.90 bits per heavy atom. The first-order valence-electron chi connectivity index (χ1n) is 10.4. The van der Waals surface area contributed by atoms with E-state index in [-0.39, 0.29) is 30.0 Å². The summed E-state index contributed by atoms with van der Waals surface area (Å²) in [4.78, 5) is 32.3. The van der Waals surface area contributed by atoms with Crippen molar-refractivity contribution in [3.63, 3.8) is 0 Å². The van der Waals surface area contributed by atoms with Gasteiger partial charge in [-0.1, -0.05) is 12.1 Å². The van der Waals surface area contributed by atoms with Gasteiger partial charge in [-0.25, -0.2) is 4.98 Å². The summed E-state index contributed by atoms with van der Waals surface area (Å²) < 4.78 is 1.79. The smallest absolute Gasteiger partial charge is 0.275 e. The zero-order chi connectivity index (χ0) is 20.8. The fourth-order valence-corrected chi connectivity index (χ4v) is 4.75. The van der Waals surface area contributed by atoms with E-state index in [0.29, 0.717) is 35.4 Å². The van der Waals surface area contributed by atoms with Crippen molar-refractivity contribution >= 4 is 23.1 Å². The van der Waals surface area contributed by atoms with Crippen molar-refractivity contribution in [3.8, 4) is 0 Å². The van der Waals surface area contributed by atoms with Gasteiger partial charge in [0.05, 0.1) is 6.10 Å². The molecule has 0 aliphatic carbocycles. The number of imidazole rings is 1. The summed E-state index contributed by atoms with van der Waals surface area (Å²) in [6, 6.07) is 11.2. The number of nitrogens with zero attached hydrogens (tertiary/aromatic N) is 3. The number of aliphatic hydroxyl groups excluding tert-OH is 1. The second kappa shape index (κ2) is 7.25. The van der Waals surface area contributed by atoms with E-state index in [1.54, 1.807) is 16.7 Å². The third kappa shape index (κ3) is 3.25. The molecule has 2 amide bonds. The van der Waals surface area contributed by atoms with Crippen LogP contribution in [0.4, 0.5) is 5.69 Å². The number of piperidine rings is 1. The second-order valence-electron chi connectivity index (χ2n) is 8.30. The maximum absolute atomic E-state index is 13.2. The summed E-state index contributed by atoms with van der Waals surface area (Å²) in [5.74, 6) is -0.342. The molecule has 5 rings (SSSR count). The maximum atomic E-state index is 13.2. The molecule has 3 atom stereocenters. The van der Waals surface area contributed by atoms with Gasteiger partial charge in [0, 0.05) is 35.7 Å². The number of benzene rings is 1. The van der Waals surface area contributed by atoms with E-state index in [1.807, 2.05) is 48.4 Å². The minimum Gasteiger partial charge on any atom is -0.393 e. The average molecular weight is 404 g/mol. The van der Waals surface area contributed by atoms with Crippen LogP contribution in [0.1, 0.15) is 52.1 Å². The van der Waals surface area contributed by atoms with Crippen molar-refractivity contribution in [2.45, 2.75) is 50.8 Å². The van der Waals surface area contributed by atoms with Crippen LogP contribution in [0.15, 0.2) is 48.8 Å². The number of aromatic nitrogens is 2. The van der Waals surface area contributed by atoms with Crippen LogP contribution in [-0.4, -0.2) is 49.4 Å². The monoisotopic (exact) mass is 404 g/mol. The number of nitrogens with one attached hydrogen (secondary N) is 1. The summed E-state index contributed by atoms with van der Waals surface area (Å²) in [6.07, 6.45) is 6.38. The van der Waals surface area contributed by atoms with Crippen molar-refractivity contribution in [2.24, 2.45) is 0 Å². The second-order valence-corrected chi connectivity index (χ2v) is 8.30. The Morgan fingerprint density at radius 1 is 1.13 bits per heavy atom. The van der Waals surface area contributed by atoms with Gasteiger partial charge in [-0.05, 0) is 62.4 Å². The van der Waals surface area contributed by atoms with Crippen molar-refractivity contribution < 1.29 is 14.7 Å². The predicted octanol–water partition coefficient (Wildman–Crippen LogP) is 3.02. The van der Waals surface area contributed by atoms with Crippen molar-refractivity contribution in [1.29, 1.82) is 0 Å². The number of rotatable bonds is 3. The number of aryl methyl sites for hydroxylation is 1. The molecule has 154 valence electrons. The topological polar surface area (TPSA) is 86.9 Å². The first kappa shape index (κ1) is 18.8. The van der Waals surface area contributed by atoms with Crippen LogP contribution in [-0.2, 0) is 0 Å². The van der Waals surface area contributed by atoms with Crippen LogP contribution in [0.25, 0.3) is 5.65 Å². The number of carbonyl (C=O) groups excluding carboxylic acids is 2. The molecule has 7 nitrogen and oxygen atoms in total. The summed E-state index contributed by atoms with van der Waals surface area (Å²) in [5, 5.41) is 12.9. The molecular weight excluding hydrogens is 380 g/mol. The number of anilines is 1. The van der Waals surface area contributed by atoms with Gasteiger partial charge in [0.2, 0.25) is 0 Å². The molecule has 0 saturated carbocycles. The largest absolute Gasteiger partial charge is 0.393 e. The lowest BCUT2D eigenvalue weighted by atomic mass is 9.98. The normalized spacial score (nSPS) is 23.0. The number of hydrogen-bond donors (Lipinski definition) is 2. The average Bonchev–Trinajstić information content (AvgIpc) is 3.28. The van der Waals surface area contributed by atoms with Crippen molar-refractivity contribution in [3.05, 3.63) is 65.6 Å². The Hall–Kier alpha value is -3.19. The van der Waals surface area contributed by atoms with Crippen LogP contribution < -0.4 is 5.32 Å². The molecule has 0 radical (unpaired) electrons. The van der Waals surface area contributed by atoms with Crippen LogP contribution in [0, 0.1) is 6.92 Å². The molecule has 0 spiro atoms. The highest BCUT2D eigenvalue weighted by atomic mass is 16.3. The molecule has 3 aromatic rings. The van der Waals surface area contributed by atoms with Gasteiger partial charge in [-0.15, -0.1) is 0 Å².